The number of carboxylic acids is 1. The van der Waals surface area contributed by atoms with Crippen LogP contribution in [0, 0.1) is 6.92 Å². The quantitative estimate of drug-likeness (QED) is 0.325. The van der Waals surface area contributed by atoms with E-state index >= 15 is 0 Å². The van der Waals surface area contributed by atoms with E-state index < -0.39 is 18.0 Å². The highest BCUT2D eigenvalue weighted by atomic mass is 32.1. The molecule has 0 fully saturated rings. The van der Waals surface area contributed by atoms with Gasteiger partial charge in [-0.15, -0.1) is 0 Å². The summed E-state index contributed by atoms with van der Waals surface area (Å²) in [6, 6.07) is 14.7. The molecule has 1 aliphatic heterocycles. The Bertz CT molecular complexity index is 1870. The van der Waals surface area contributed by atoms with Crippen LogP contribution < -0.4 is 19.6 Å². The fourth-order valence-electron chi connectivity index (χ4n) is 4.69. The first-order valence-electron chi connectivity index (χ1n) is 12.9. The topological polar surface area (TPSA) is 120 Å². The number of carbonyl (C=O) groups excluding carboxylic acids is 1. The van der Waals surface area contributed by atoms with E-state index in [4.69, 9.17) is 13.9 Å². The first-order valence-corrected chi connectivity index (χ1v) is 13.7. The van der Waals surface area contributed by atoms with Gasteiger partial charge in [-0.2, -0.15) is 0 Å². The van der Waals surface area contributed by atoms with Crippen LogP contribution >= 0.6 is 11.3 Å². The van der Waals surface area contributed by atoms with Crippen molar-refractivity contribution in [3.8, 4) is 17.1 Å². The van der Waals surface area contributed by atoms with E-state index in [1.165, 1.54) is 22.0 Å². The van der Waals surface area contributed by atoms with Crippen molar-refractivity contribution in [2.75, 3.05) is 7.11 Å². The van der Waals surface area contributed by atoms with E-state index in [2.05, 4.69) is 4.99 Å². The molecule has 1 atom stereocenters. The normalized spacial score (nSPS) is 15.1. The number of ether oxygens (including phenoxy) is 2. The second-order valence-electron chi connectivity index (χ2n) is 9.85. The molecule has 0 saturated heterocycles. The highest BCUT2D eigenvalue weighted by Gasteiger charge is 2.33. The third-order valence-electron chi connectivity index (χ3n) is 6.67. The van der Waals surface area contributed by atoms with Crippen LogP contribution in [0.25, 0.3) is 17.4 Å². The van der Waals surface area contributed by atoms with Crippen LogP contribution in [0.4, 0.5) is 0 Å². The van der Waals surface area contributed by atoms with Gasteiger partial charge in [0.15, 0.2) is 4.80 Å². The highest BCUT2D eigenvalue weighted by Crippen LogP contribution is 2.32. The lowest BCUT2D eigenvalue weighted by Gasteiger charge is -2.25. The summed E-state index contributed by atoms with van der Waals surface area (Å²) in [6.07, 6.45) is 1.28. The molecule has 2 aromatic heterocycles. The standard InChI is InChI=1S/C31H28N2O7S/c1-16(2)39-30(37)26-18(4)32-31-33(27(26)19-8-10-21(38-5)11-9-19)28(34)25(41-31)15-22-12-13-24(40-22)23-14-20(29(35)36)7-6-17(23)3/h6-16,27H,1-5H3,(H,35,36)/b25-15+. The molecule has 10 heteroatoms. The molecule has 0 amide bonds. The lowest BCUT2D eigenvalue weighted by atomic mass is 9.96. The maximum Gasteiger partial charge on any atom is 0.338 e. The number of thiazole rings is 1. The number of hydrogen-bond donors (Lipinski definition) is 1. The fraction of sp³-hybridized carbons (Fsp3) is 0.226. The molecule has 1 unspecified atom stereocenters. The summed E-state index contributed by atoms with van der Waals surface area (Å²) in [5, 5.41) is 9.38. The zero-order valence-corrected chi connectivity index (χ0v) is 23.9. The minimum atomic E-state index is -1.03. The molecule has 9 nitrogen and oxygen atoms in total. The summed E-state index contributed by atoms with van der Waals surface area (Å²) in [7, 11) is 1.57. The van der Waals surface area contributed by atoms with Gasteiger partial charge in [-0.3, -0.25) is 9.36 Å². The Morgan fingerprint density at radius 3 is 2.49 bits per heavy atom. The van der Waals surface area contributed by atoms with Gasteiger partial charge in [-0.25, -0.2) is 14.6 Å². The molecule has 210 valence electrons. The number of furan rings is 1. The molecule has 3 heterocycles. The number of carbonyl (C=O) groups is 2. The van der Waals surface area contributed by atoms with Crippen molar-refractivity contribution < 1.29 is 28.6 Å². The number of benzene rings is 2. The maximum absolute atomic E-state index is 13.8. The van der Waals surface area contributed by atoms with Crippen molar-refractivity contribution >= 4 is 29.4 Å². The molecule has 41 heavy (non-hydrogen) atoms. The van der Waals surface area contributed by atoms with Gasteiger partial charge >= 0.3 is 11.9 Å². The third-order valence-corrected chi connectivity index (χ3v) is 7.65. The minimum absolute atomic E-state index is 0.151. The number of aromatic carboxylic acids is 1. The summed E-state index contributed by atoms with van der Waals surface area (Å²) in [5.74, 6) is -0.0220. The number of hydrogen-bond acceptors (Lipinski definition) is 8. The minimum Gasteiger partial charge on any atom is -0.497 e. The summed E-state index contributed by atoms with van der Waals surface area (Å²) >= 11 is 1.19. The van der Waals surface area contributed by atoms with Crippen LogP contribution in [0.3, 0.4) is 0 Å². The monoisotopic (exact) mass is 572 g/mol. The Labute approximate surface area is 239 Å². The average molecular weight is 573 g/mol. The maximum atomic E-state index is 13.8. The summed E-state index contributed by atoms with van der Waals surface area (Å²) in [5.41, 5.74) is 2.78. The van der Waals surface area contributed by atoms with Gasteiger partial charge in [-0.05, 0) is 75.2 Å². The molecule has 1 aliphatic rings. The van der Waals surface area contributed by atoms with Crippen molar-refractivity contribution in [2.45, 2.75) is 39.8 Å². The number of aromatic nitrogens is 1. The van der Waals surface area contributed by atoms with E-state index in [1.54, 1.807) is 70.4 Å². The Morgan fingerprint density at radius 1 is 1.10 bits per heavy atom. The first-order chi connectivity index (χ1) is 19.6. The number of carboxylic acid groups (broad SMARTS) is 1. The predicted molar refractivity (Wildman–Crippen MR) is 154 cm³/mol. The first kappa shape index (κ1) is 27.9. The van der Waals surface area contributed by atoms with Crippen molar-refractivity contribution in [3.05, 3.63) is 108 Å². The van der Waals surface area contributed by atoms with Crippen LogP contribution in [0.1, 0.15) is 54.1 Å². The lowest BCUT2D eigenvalue weighted by molar-refractivity contribution is -0.143. The van der Waals surface area contributed by atoms with Gasteiger partial charge in [0.25, 0.3) is 5.56 Å². The van der Waals surface area contributed by atoms with Crippen LogP contribution in [0.2, 0.25) is 0 Å². The van der Waals surface area contributed by atoms with Crippen LogP contribution in [-0.2, 0) is 9.53 Å². The van der Waals surface area contributed by atoms with Crippen molar-refractivity contribution in [3.63, 3.8) is 0 Å². The lowest BCUT2D eigenvalue weighted by Crippen LogP contribution is -2.40. The molecule has 0 radical (unpaired) electrons. The second-order valence-corrected chi connectivity index (χ2v) is 10.9. The van der Waals surface area contributed by atoms with Gasteiger partial charge in [0.2, 0.25) is 0 Å². The third kappa shape index (κ3) is 5.38. The molecule has 5 rings (SSSR count). The van der Waals surface area contributed by atoms with Gasteiger partial charge in [0, 0.05) is 11.6 Å². The number of aryl methyl sites for hydroxylation is 1. The van der Waals surface area contributed by atoms with Crippen molar-refractivity contribution in [2.24, 2.45) is 4.99 Å². The van der Waals surface area contributed by atoms with Gasteiger partial charge in [0.1, 0.15) is 17.3 Å². The van der Waals surface area contributed by atoms with E-state index in [-0.39, 0.29) is 22.8 Å². The largest absolute Gasteiger partial charge is 0.497 e. The van der Waals surface area contributed by atoms with Crippen LogP contribution in [-0.4, -0.2) is 34.8 Å². The Kier molecular flexibility index (Phi) is 7.51. The number of methoxy groups -OCH3 is 1. The van der Waals surface area contributed by atoms with Gasteiger partial charge in [-0.1, -0.05) is 29.5 Å². The number of rotatable bonds is 7. The molecule has 4 aromatic rings. The highest BCUT2D eigenvalue weighted by molar-refractivity contribution is 7.07. The van der Waals surface area contributed by atoms with E-state index in [1.807, 2.05) is 19.1 Å². The number of fused-ring (bicyclic) bond motifs is 1. The molecular formula is C31H28N2O7S. The summed E-state index contributed by atoms with van der Waals surface area (Å²) in [4.78, 5) is 43.6. The smallest absolute Gasteiger partial charge is 0.338 e. The zero-order valence-electron chi connectivity index (χ0n) is 23.1. The van der Waals surface area contributed by atoms with Gasteiger partial charge in [0.05, 0.1) is 40.6 Å². The SMILES string of the molecule is COc1ccc(C2C(C(=O)OC(C)C)=C(C)N=c3s/c(=C/c4ccc(-c5cc(C(=O)O)ccc5C)o4)c(=O)n32)cc1. The number of esters is 1. The number of allylic oxidation sites excluding steroid dienone is 1. The van der Waals surface area contributed by atoms with E-state index in [0.29, 0.717) is 43.4 Å². The molecule has 0 aliphatic carbocycles. The zero-order chi connectivity index (χ0) is 29.4. The van der Waals surface area contributed by atoms with Crippen molar-refractivity contribution in [1.82, 2.24) is 4.57 Å². The van der Waals surface area contributed by atoms with E-state index in [0.717, 1.165) is 5.56 Å². The summed E-state index contributed by atoms with van der Waals surface area (Å²) < 4.78 is 18.7. The van der Waals surface area contributed by atoms with Crippen LogP contribution in [0.5, 0.6) is 5.75 Å². The molecule has 0 spiro atoms. The van der Waals surface area contributed by atoms with Crippen molar-refractivity contribution in [1.29, 1.82) is 0 Å². The Balaban J connectivity index is 1.62. The van der Waals surface area contributed by atoms with Gasteiger partial charge < -0.3 is 19.0 Å². The predicted octanol–water partition coefficient (Wildman–Crippen LogP) is 4.46. The second kappa shape index (κ2) is 11.1. The Hall–Kier alpha value is -4.70. The average Bonchev–Trinajstić information content (AvgIpc) is 3.51. The van der Waals surface area contributed by atoms with E-state index in [9.17, 15) is 19.5 Å². The molecule has 0 bridgehead atoms. The molecule has 0 saturated carbocycles. The molecule has 2 aromatic carbocycles. The van der Waals surface area contributed by atoms with Crippen LogP contribution in [0.15, 0.2) is 80.1 Å². The fourth-order valence-corrected chi connectivity index (χ4v) is 5.71. The number of nitrogens with zero attached hydrogens (tertiary/aromatic N) is 2. The molecular weight excluding hydrogens is 544 g/mol. The summed E-state index contributed by atoms with van der Waals surface area (Å²) in [6.45, 7) is 7.13. The Morgan fingerprint density at radius 2 is 1.83 bits per heavy atom. The molecule has 1 N–H and O–H groups in total.